The molecule has 0 spiro atoms. The number of benzene rings is 2. The van der Waals surface area contributed by atoms with Crippen LogP contribution in [0.4, 0.5) is 4.39 Å². The maximum atomic E-state index is 14.3. The van der Waals surface area contributed by atoms with Gasteiger partial charge in [-0.1, -0.05) is 12.1 Å². The molecule has 7 heteroatoms. The van der Waals surface area contributed by atoms with Gasteiger partial charge in [0.15, 0.2) is 0 Å². The highest BCUT2D eigenvalue weighted by Gasteiger charge is 2.34. The molecular formula is C23H25FN2O4. The molecule has 0 saturated carbocycles. The maximum Gasteiger partial charge on any atom is 0.256 e. The van der Waals surface area contributed by atoms with Crippen LogP contribution in [0.2, 0.25) is 0 Å². The van der Waals surface area contributed by atoms with Crippen LogP contribution in [0.5, 0.6) is 11.5 Å². The Hall–Kier alpha value is -3.35. The molecule has 158 valence electrons. The van der Waals surface area contributed by atoms with Crippen LogP contribution in [0.1, 0.15) is 29.8 Å². The highest BCUT2D eigenvalue weighted by Crippen LogP contribution is 2.22. The summed E-state index contributed by atoms with van der Waals surface area (Å²) in [6, 6.07) is 10.2. The maximum absolute atomic E-state index is 14.3. The normalized spacial score (nSPS) is 19.2. The van der Waals surface area contributed by atoms with Crippen LogP contribution in [-0.2, 0) is 4.79 Å². The van der Waals surface area contributed by atoms with Gasteiger partial charge < -0.3 is 19.6 Å². The van der Waals surface area contributed by atoms with E-state index >= 15 is 0 Å². The number of carbonyl (C=O) groups is 2. The van der Waals surface area contributed by atoms with Crippen molar-refractivity contribution >= 4 is 17.9 Å². The van der Waals surface area contributed by atoms with Crippen LogP contribution in [0.3, 0.4) is 0 Å². The van der Waals surface area contributed by atoms with Gasteiger partial charge in [0.1, 0.15) is 17.3 Å². The molecule has 1 fully saturated rings. The molecule has 1 heterocycles. The summed E-state index contributed by atoms with van der Waals surface area (Å²) in [7, 11) is 1.44. The number of phenolic OH excluding ortho intramolecular Hbond substituents is 1. The number of nitrogens with zero attached hydrogens (tertiary/aromatic N) is 2. The summed E-state index contributed by atoms with van der Waals surface area (Å²) in [6.07, 6.45) is 3.17. The molecule has 0 aliphatic carbocycles. The highest BCUT2D eigenvalue weighted by atomic mass is 19.1. The van der Waals surface area contributed by atoms with Gasteiger partial charge in [0.25, 0.3) is 5.91 Å². The van der Waals surface area contributed by atoms with Gasteiger partial charge in [0.05, 0.1) is 12.7 Å². The number of methoxy groups -OCH3 is 1. The van der Waals surface area contributed by atoms with Gasteiger partial charge in [0, 0.05) is 37.3 Å². The molecule has 3 rings (SSSR count). The highest BCUT2D eigenvalue weighted by molar-refractivity contribution is 5.95. The van der Waals surface area contributed by atoms with E-state index in [1.807, 2.05) is 13.8 Å². The number of hydrogen-bond donors (Lipinski definition) is 1. The molecule has 1 saturated heterocycles. The molecule has 0 aromatic heterocycles. The number of piperazine rings is 1. The lowest BCUT2D eigenvalue weighted by molar-refractivity contribution is -0.132. The Morgan fingerprint density at radius 1 is 1.10 bits per heavy atom. The Morgan fingerprint density at radius 3 is 2.30 bits per heavy atom. The van der Waals surface area contributed by atoms with E-state index in [2.05, 4.69) is 0 Å². The second-order valence-electron chi connectivity index (χ2n) is 7.42. The van der Waals surface area contributed by atoms with E-state index in [9.17, 15) is 19.1 Å². The van der Waals surface area contributed by atoms with Crippen molar-refractivity contribution in [3.63, 3.8) is 0 Å². The first-order valence-electron chi connectivity index (χ1n) is 9.72. The summed E-state index contributed by atoms with van der Waals surface area (Å²) in [5, 5.41) is 9.34. The average molecular weight is 412 g/mol. The van der Waals surface area contributed by atoms with Crippen molar-refractivity contribution in [1.29, 1.82) is 0 Å². The summed E-state index contributed by atoms with van der Waals surface area (Å²) < 4.78 is 19.3. The summed E-state index contributed by atoms with van der Waals surface area (Å²) in [5.74, 6) is -0.683. The molecule has 30 heavy (non-hydrogen) atoms. The first-order chi connectivity index (χ1) is 14.3. The topological polar surface area (TPSA) is 70.1 Å². The average Bonchev–Trinajstić information content (AvgIpc) is 2.72. The largest absolute Gasteiger partial charge is 0.508 e. The number of hydrogen-bond acceptors (Lipinski definition) is 4. The van der Waals surface area contributed by atoms with E-state index in [1.165, 1.54) is 25.3 Å². The first kappa shape index (κ1) is 21.4. The van der Waals surface area contributed by atoms with Gasteiger partial charge >= 0.3 is 0 Å². The number of phenols is 1. The van der Waals surface area contributed by atoms with Crippen molar-refractivity contribution in [3.8, 4) is 11.5 Å². The fourth-order valence-corrected chi connectivity index (χ4v) is 3.73. The minimum atomic E-state index is -0.630. The zero-order valence-corrected chi connectivity index (χ0v) is 17.2. The number of rotatable bonds is 4. The third-order valence-corrected chi connectivity index (χ3v) is 5.18. The first-order valence-corrected chi connectivity index (χ1v) is 9.72. The van der Waals surface area contributed by atoms with Crippen LogP contribution < -0.4 is 4.74 Å². The van der Waals surface area contributed by atoms with Crippen molar-refractivity contribution in [2.75, 3.05) is 20.2 Å². The predicted octanol–water partition coefficient (Wildman–Crippen LogP) is 3.31. The molecule has 2 amide bonds. The smallest absolute Gasteiger partial charge is 0.256 e. The standard InChI is InChI=1S/C23H25FN2O4/c1-15-13-25(23(29)20-10-9-19(30-3)12-21(20)24)14-16(2)26(15)22(28)11-6-17-4-7-18(27)8-5-17/h4-12,15-16,27H,13-14H2,1-3H3/b11-6+/t15-,16-/m1/s1. The molecule has 1 aliphatic rings. The minimum absolute atomic E-state index is 0.0118. The Labute approximate surface area is 175 Å². The molecule has 6 nitrogen and oxygen atoms in total. The van der Waals surface area contributed by atoms with Gasteiger partial charge in [0.2, 0.25) is 5.91 Å². The lowest BCUT2D eigenvalue weighted by atomic mass is 10.1. The van der Waals surface area contributed by atoms with Crippen LogP contribution in [0, 0.1) is 5.82 Å². The number of amides is 2. The molecule has 0 bridgehead atoms. The van der Waals surface area contributed by atoms with Crippen LogP contribution in [0.15, 0.2) is 48.5 Å². The van der Waals surface area contributed by atoms with Gasteiger partial charge in [-0.15, -0.1) is 0 Å². The van der Waals surface area contributed by atoms with E-state index < -0.39 is 11.7 Å². The number of halogens is 1. The van der Waals surface area contributed by atoms with E-state index in [-0.39, 0.29) is 29.3 Å². The number of aromatic hydroxyl groups is 1. The predicted molar refractivity (Wildman–Crippen MR) is 112 cm³/mol. The summed E-state index contributed by atoms with van der Waals surface area (Å²) in [5.41, 5.74) is 0.785. The second-order valence-corrected chi connectivity index (χ2v) is 7.42. The lowest BCUT2D eigenvalue weighted by Crippen LogP contribution is -2.59. The molecular weight excluding hydrogens is 387 g/mol. The third kappa shape index (κ3) is 4.62. The molecule has 1 N–H and O–H groups in total. The van der Waals surface area contributed by atoms with Crippen LogP contribution in [-0.4, -0.2) is 59.0 Å². The molecule has 2 atom stereocenters. The van der Waals surface area contributed by atoms with Crippen LogP contribution >= 0.6 is 0 Å². The Kier molecular flexibility index (Phi) is 6.40. The third-order valence-electron chi connectivity index (χ3n) is 5.18. The molecule has 0 radical (unpaired) electrons. The zero-order valence-electron chi connectivity index (χ0n) is 17.2. The summed E-state index contributed by atoms with van der Waals surface area (Å²) in [4.78, 5) is 28.9. The quantitative estimate of drug-likeness (QED) is 0.783. The van der Waals surface area contributed by atoms with E-state index in [0.29, 0.717) is 18.8 Å². The van der Waals surface area contributed by atoms with Crippen molar-refractivity contribution < 1.29 is 23.8 Å². The molecule has 1 aliphatic heterocycles. The molecule has 2 aromatic carbocycles. The minimum Gasteiger partial charge on any atom is -0.508 e. The van der Waals surface area contributed by atoms with Crippen molar-refractivity contribution in [1.82, 2.24) is 9.80 Å². The molecule has 2 aromatic rings. The SMILES string of the molecule is COc1ccc(C(=O)N2C[C@@H](C)N(C(=O)/C=C/c3ccc(O)cc3)[C@H](C)C2)c(F)c1. The van der Waals surface area contributed by atoms with Gasteiger partial charge in [-0.3, -0.25) is 9.59 Å². The Bertz CT molecular complexity index is 946. The van der Waals surface area contributed by atoms with Gasteiger partial charge in [-0.2, -0.15) is 0 Å². The fraction of sp³-hybridized carbons (Fsp3) is 0.304. The number of carbonyl (C=O) groups excluding carboxylic acids is 2. The van der Waals surface area contributed by atoms with Crippen LogP contribution in [0.25, 0.3) is 6.08 Å². The van der Waals surface area contributed by atoms with E-state index in [1.54, 1.807) is 46.2 Å². The van der Waals surface area contributed by atoms with Gasteiger partial charge in [-0.25, -0.2) is 4.39 Å². The Balaban J connectivity index is 1.69. The fourth-order valence-electron chi connectivity index (χ4n) is 3.73. The second kappa shape index (κ2) is 8.98. The number of ether oxygens (including phenoxy) is 1. The van der Waals surface area contributed by atoms with Gasteiger partial charge in [-0.05, 0) is 49.8 Å². The lowest BCUT2D eigenvalue weighted by Gasteiger charge is -2.44. The van der Waals surface area contributed by atoms with E-state index in [4.69, 9.17) is 4.74 Å². The van der Waals surface area contributed by atoms with Crippen molar-refractivity contribution in [3.05, 3.63) is 65.5 Å². The van der Waals surface area contributed by atoms with E-state index in [0.717, 1.165) is 5.56 Å². The summed E-state index contributed by atoms with van der Waals surface area (Å²) >= 11 is 0. The van der Waals surface area contributed by atoms with Crippen molar-refractivity contribution in [2.24, 2.45) is 0 Å². The zero-order chi connectivity index (χ0) is 21.8. The molecule has 0 unspecified atom stereocenters. The Morgan fingerprint density at radius 2 is 1.73 bits per heavy atom. The summed E-state index contributed by atoms with van der Waals surface area (Å²) in [6.45, 7) is 4.36. The van der Waals surface area contributed by atoms with Crippen molar-refractivity contribution in [2.45, 2.75) is 25.9 Å². The monoisotopic (exact) mass is 412 g/mol.